The molecule has 0 bridgehead atoms. The van der Waals surface area contributed by atoms with Crippen molar-refractivity contribution in [2.75, 3.05) is 13.1 Å². The normalized spacial score (nSPS) is 17.6. The highest BCUT2D eigenvalue weighted by atomic mass is 32.2. The summed E-state index contributed by atoms with van der Waals surface area (Å²) < 4.78 is 38.5. The molecule has 8 heteroatoms. The van der Waals surface area contributed by atoms with E-state index in [1.807, 2.05) is 13.8 Å². The quantitative estimate of drug-likeness (QED) is 0.801. The molecular weight excluding hydrogens is 331 g/mol. The summed E-state index contributed by atoms with van der Waals surface area (Å²) in [5.41, 5.74) is -1.23. The lowest BCUT2D eigenvalue weighted by Crippen LogP contribution is -2.27. The van der Waals surface area contributed by atoms with E-state index in [0.717, 1.165) is 23.9 Å². The average Bonchev–Trinajstić information content (AvgIpc) is 2.71. The number of alkyl halides is 3. The first-order valence-corrected chi connectivity index (χ1v) is 7.70. The SMILES string of the molecule is CC(C)CN1C/C(=C/c2cc(O)c(O)c(C(F)(F)F)c2)SC1=O. The summed E-state index contributed by atoms with van der Waals surface area (Å²) in [7, 11) is 0. The summed E-state index contributed by atoms with van der Waals surface area (Å²) >= 11 is 0.957. The molecule has 0 aliphatic carbocycles. The molecule has 1 aromatic carbocycles. The van der Waals surface area contributed by atoms with E-state index in [4.69, 9.17) is 0 Å². The molecule has 1 aliphatic rings. The van der Waals surface area contributed by atoms with Crippen LogP contribution in [-0.4, -0.2) is 33.4 Å². The average molecular weight is 347 g/mol. The first kappa shape index (κ1) is 17.5. The number of aromatic hydroxyl groups is 2. The molecule has 23 heavy (non-hydrogen) atoms. The van der Waals surface area contributed by atoms with Crippen molar-refractivity contribution < 1.29 is 28.2 Å². The lowest BCUT2D eigenvalue weighted by Gasteiger charge is -2.16. The summed E-state index contributed by atoms with van der Waals surface area (Å²) in [5, 5.41) is 18.7. The van der Waals surface area contributed by atoms with Gasteiger partial charge in [0.15, 0.2) is 11.5 Å². The second kappa shape index (κ2) is 6.35. The summed E-state index contributed by atoms with van der Waals surface area (Å²) in [6, 6.07) is 1.78. The van der Waals surface area contributed by atoms with E-state index in [1.54, 1.807) is 4.90 Å². The molecule has 0 unspecified atom stereocenters. The smallest absolute Gasteiger partial charge is 0.420 e. The van der Waals surface area contributed by atoms with Gasteiger partial charge in [-0.05, 0) is 41.5 Å². The van der Waals surface area contributed by atoms with Crippen LogP contribution in [0.4, 0.5) is 18.0 Å². The van der Waals surface area contributed by atoms with E-state index in [1.165, 1.54) is 6.08 Å². The van der Waals surface area contributed by atoms with E-state index in [0.29, 0.717) is 18.0 Å². The van der Waals surface area contributed by atoms with Crippen LogP contribution in [0.3, 0.4) is 0 Å². The van der Waals surface area contributed by atoms with E-state index in [9.17, 15) is 28.2 Å². The minimum absolute atomic E-state index is 0.0781. The first-order chi connectivity index (χ1) is 10.6. The van der Waals surface area contributed by atoms with Gasteiger partial charge in [0.25, 0.3) is 5.24 Å². The van der Waals surface area contributed by atoms with Crippen LogP contribution >= 0.6 is 11.8 Å². The molecule has 0 saturated carbocycles. The van der Waals surface area contributed by atoms with Crippen LogP contribution in [0.2, 0.25) is 0 Å². The van der Waals surface area contributed by atoms with Crippen LogP contribution in [0.5, 0.6) is 11.5 Å². The van der Waals surface area contributed by atoms with Crippen molar-refractivity contribution in [3.8, 4) is 11.5 Å². The standard InChI is InChI=1S/C15H16F3NO3S/c1-8(2)6-19-7-10(23-14(19)22)3-9-4-11(15(16,17)18)13(21)12(20)5-9/h3-5,8,20-21H,6-7H2,1-2H3/b10-3-. The fraction of sp³-hybridized carbons (Fsp3) is 0.400. The Morgan fingerprint density at radius 3 is 2.57 bits per heavy atom. The van der Waals surface area contributed by atoms with Gasteiger partial charge in [0.2, 0.25) is 0 Å². The Balaban J connectivity index is 2.30. The topological polar surface area (TPSA) is 60.8 Å². The molecule has 1 saturated heterocycles. The lowest BCUT2D eigenvalue weighted by atomic mass is 10.1. The van der Waals surface area contributed by atoms with Crippen molar-refractivity contribution in [1.29, 1.82) is 0 Å². The Bertz CT molecular complexity index is 656. The van der Waals surface area contributed by atoms with E-state index in [2.05, 4.69) is 0 Å². The predicted octanol–water partition coefficient (Wildman–Crippen LogP) is 4.28. The zero-order valence-electron chi connectivity index (χ0n) is 12.5. The van der Waals surface area contributed by atoms with E-state index < -0.39 is 23.2 Å². The molecule has 1 aliphatic heterocycles. The molecular formula is C15H16F3NO3S. The molecule has 0 spiro atoms. The highest BCUT2D eigenvalue weighted by molar-refractivity contribution is 8.17. The zero-order valence-corrected chi connectivity index (χ0v) is 13.3. The van der Waals surface area contributed by atoms with Gasteiger partial charge in [-0.3, -0.25) is 4.79 Å². The third-order valence-corrected chi connectivity index (χ3v) is 4.10. The molecule has 2 rings (SSSR count). The highest BCUT2D eigenvalue weighted by Gasteiger charge is 2.35. The maximum absolute atomic E-state index is 12.8. The Hall–Kier alpha value is -1.83. The van der Waals surface area contributed by atoms with Crippen molar-refractivity contribution in [2.45, 2.75) is 20.0 Å². The molecule has 2 N–H and O–H groups in total. The number of thioether (sulfide) groups is 1. The van der Waals surface area contributed by atoms with Crippen LogP contribution in [0.1, 0.15) is 25.0 Å². The van der Waals surface area contributed by atoms with Crippen molar-refractivity contribution in [2.24, 2.45) is 5.92 Å². The number of benzene rings is 1. The summed E-state index contributed by atoms with van der Waals surface area (Å²) in [5.74, 6) is -1.76. The second-order valence-corrected chi connectivity index (χ2v) is 6.76. The Kier molecular flexibility index (Phi) is 4.84. The summed E-state index contributed by atoms with van der Waals surface area (Å²) in [6.07, 6.45) is -3.37. The molecule has 126 valence electrons. The van der Waals surface area contributed by atoms with Gasteiger partial charge in [0.05, 0.1) is 6.54 Å². The van der Waals surface area contributed by atoms with Crippen LogP contribution in [0.25, 0.3) is 6.08 Å². The number of phenolic OH excluding ortho intramolecular Hbond substituents is 2. The fourth-order valence-corrected chi connectivity index (χ4v) is 3.15. The zero-order chi connectivity index (χ0) is 17.4. The number of rotatable bonds is 3. The number of hydrogen-bond donors (Lipinski definition) is 2. The largest absolute Gasteiger partial charge is 0.504 e. The maximum atomic E-state index is 12.8. The highest BCUT2D eigenvalue weighted by Crippen LogP contribution is 2.42. The van der Waals surface area contributed by atoms with Gasteiger partial charge in [-0.1, -0.05) is 13.8 Å². The van der Waals surface area contributed by atoms with Crippen molar-refractivity contribution in [3.05, 3.63) is 28.2 Å². The molecule has 0 atom stereocenters. The van der Waals surface area contributed by atoms with E-state index in [-0.39, 0.29) is 16.7 Å². The van der Waals surface area contributed by atoms with Crippen molar-refractivity contribution in [1.82, 2.24) is 4.90 Å². The Morgan fingerprint density at radius 1 is 1.35 bits per heavy atom. The third-order valence-electron chi connectivity index (χ3n) is 3.15. The molecule has 1 aromatic rings. The third kappa shape index (κ3) is 4.13. The van der Waals surface area contributed by atoms with Gasteiger partial charge in [0, 0.05) is 11.4 Å². The molecule has 4 nitrogen and oxygen atoms in total. The number of carbonyl (C=O) groups excluding carboxylic acids is 1. The number of phenols is 2. The predicted molar refractivity (Wildman–Crippen MR) is 82.1 cm³/mol. The maximum Gasteiger partial charge on any atom is 0.420 e. The van der Waals surface area contributed by atoms with Gasteiger partial charge >= 0.3 is 6.18 Å². The Labute approximate surface area is 135 Å². The minimum Gasteiger partial charge on any atom is -0.504 e. The minimum atomic E-state index is -4.78. The number of carbonyl (C=O) groups is 1. The van der Waals surface area contributed by atoms with Crippen molar-refractivity contribution in [3.63, 3.8) is 0 Å². The number of nitrogens with zero attached hydrogens (tertiary/aromatic N) is 1. The van der Waals surface area contributed by atoms with Crippen LogP contribution in [0, 0.1) is 5.92 Å². The molecule has 1 fully saturated rings. The van der Waals surface area contributed by atoms with Crippen molar-refractivity contribution >= 4 is 23.1 Å². The number of amides is 1. The number of halogens is 3. The van der Waals surface area contributed by atoms with Gasteiger partial charge in [0.1, 0.15) is 5.56 Å². The monoisotopic (exact) mass is 347 g/mol. The molecule has 1 amide bonds. The Morgan fingerprint density at radius 2 is 2.00 bits per heavy atom. The van der Waals surface area contributed by atoms with Gasteiger partial charge < -0.3 is 15.1 Å². The van der Waals surface area contributed by atoms with Crippen LogP contribution in [-0.2, 0) is 6.18 Å². The summed E-state index contributed by atoms with van der Waals surface area (Å²) in [6.45, 7) is 4.82. The van der Waals surface area contributed by atoms with Gasteiger partial charge in [-0.25, -0.2) is 0 Å². The van der Waals surface area contributed by atoms with Crippen LogP contribution in [0.15, 0.2) is 17.0 Å². The van der Waals surface area contributed by atoms with E-state index >= 15 is 0 Å². The summed E-state index contributed by atoms with van der Waals surface area (Å²) in [4.78, 5) is 14.0. The number of hydrogen-bond acceptors (Lipinski definition) is 4. The van der Waals surface area contributed by atoms with Gasteiger partial charge in [-0.15, -0.1) is 0 Å². The molecule has 1 heterocycles. The van der Waals surface area contributed by atoms with Crippen LogP contribution < -0.4 is 0 Å². The fourth-order valence-electron chi connectivity index (χ4n) is 2.24. The second-order valence-electron chi connectivity index (χ2n) is 5.69. The lowest BCUT2D eigenvalue weighted by molar-refractivity contribution is -0.138. The molecule has 0 aromatic heterocycles. The first-order valence-electron chi connectivity index (χ1n) is 6.88. The van der Waals surface area contributed by atoms with Gasteiger partial charge in [-0.2, -0.15) is 13.2 Å². The molecule has 0 radical (unpaired) electrons.